The van der Waals surface area contributed by atoms with Crippen molar-refractivity contribution in [3.05, 3.63) is 70.9 Å². The second kappa shape index (κ2) is 7.54. The number of carbonyl (C=O) groups excluding carboxylic acids is 2. The van der Waals surface area contributed by atoms with Gasteiger partial charge in [0.25, 0.3) is 0 Å². The van der Waals surface area contributed by atoms with Gasteiger partial charge in [-0.3, -0.25) is 14.5 Å². The molecule has 2 aromatic rings. The summed E-state index contributed by atoms with van der Waals surface area (Å²) in [4.78, 5) is 39.1. The van der Waals surface area contributed by atoms with Crippen molar-refractivity contribution in [3.8, 4) is 5.75 Å². The highest BCUT2D eigenvalue weighted by molar-refractivity contribution is 6.08. The highest BCUT2D eigenvalue weighted by Crippen LogP contribution is 2.45. The molecule has 0 saturated carbocycles. The number of hydrogen-bond acceptors (Lipinski definition) is 4. The van der Waals surface area contributed by atoms with Crippen LogP contribution in [0.25, 0.3) is 0 Å². The van der Waals surface area contributed by atoms with Gasteiger partial charge in [-0.15, -0.1) is 0 Å². The lowest BCUT2D eigenvalue weighted by Crippen LogP contribution is -2.40. The summed E-state index contributed by atoms with van der Waals surface area (Å²) in [6.07, 6.45) is 1.83. The summed E-state index contributed by atoms with van der Waals surface area (Å²) in [5.41, 5.74) is 2.73. The summed E-state index contributed by atoms with van der Waals surface area (Å²) in [6.45, 7) is 0. The summed E-state index contributed by atoms with van der Waals surface area (Å²) < 4.78 is 5.48. The predicted molar refractivity (Wildman–Crippen MR) is 107 cm³/mol. The third-order valence-electron chi connectivity index (χ3n) is 5.54. The van der Waals surface area contributed by atoms with E-state index in [1.165, 1.54) is 17.0 Å². The fourth-order valence-electron chi connectivity index (χ4n) is 4.29. The molecule has 1 aliphatic carbocycles. The zero-order valence-electron chi connectivity index (χ0n) is 16.1. The Kier molecular flexibility index (Phi) is 4.92. The summed E-state index contributed by atoms with van der Waals surface area (Å²) in [5.74, 6) is -0.889. The van der Waals surface area contributed by atoms with E-state index in [1.807, 2.05) is 24.3 Å². The molecule has 2 aliphatic rings. The molecule has 2 aromatic carbocycles. The van der Waals surface area contributed by atoms with E-state index in [2.05, 4.69) is 0 Å². The highest BCUT2D eigenvalue weighted by Gasteiger charge is 2.40. The van der Waals surface area contributed by atoms with Crippen LogP contribution in [0.2, 0.25) is 0 Å². The maximum absolute atomic E-state index is 13.2. The van der Waals surface area contributed by atoms with E-state index in [9.17, 15) is 19.5 Å². The Morgan fingerprint density at radius 1 is 1.10 bits per heavy atom. The molecule has 148 valence electrons. The van der Waals surface area contributed by atoms with Crippen LogP contribution in [0.1, 0.15) is 47.5 Å². The quantitative estimate of drug-likeness (QED) is 0.854. The number of carbonyl (C=O) groups is 3. The molecule has 1 heterocycles. The number of ether oxygens (including phenoxy) is 1. The van der Waals surface area contributed by atoms with Crippen molar-refractivity contribution < 1.29 is 24.2 Å². The number of benzene rings is 2. The first-order valence-electron chi connectivity index (χ1n) is 9.56. The third kappa shape index (κ3) is 3.31. The molecule has 6 nitrogen and oxygen atoms in total. The van der Waals surface area contributed by atoms with Gasteiger partial charge >= 0.3 is 5.97 Å². The van der Waals surface area contributed by atoms with Crippen LogP contribution in [0, 0.1) is 0 Å². The molecule has 0 aromatic heterocycles. The molecule has 0 spiro atoms. The van der Waals surface area contributed by atoms with Crippen LogP contribution in [0.15, 0.2) is 59.8 Å². The molecule has 0 fully saturated rings. The summed E-state index contributed by atoms with van der Waals surface area (Å²) in [7, 11) is 1.57. The molecular weight excluding hydrogens is 370 g/mol. The maximum atomic E-state index is 13.2. The van der Waals surface area contributed by atoms with Crippen LogP contribution in [0.3, 0.4) is 0 Å². The van der Waals surface area contributed by atoms with Crippen molar-refractivity contribution in [2.75, 3.05) is 12.0 Å². The molecule has 1 unspecified atom stereocenters. The number of amides is 1. The average molecular weight is 391 g/mol. The number of para-hydroxylation sites is 1. The lowest BCUT2D eigenvalue weighted by Gasteiger charge is -2.38. The van der Waals surface area contributed by atoms with Gasteiger partial charge in [0.1, 0.15) is 5.75 Å². The van der Waals surface area contributed by atoms with Crippen molar-refractivity contribution in [2.24, 2.45) is 0 Å². The Morgan fingerprint density at radius 3 is 2.66 bits per heavy atom. The second-order valence-electron chi connectivity index (χ2n) is 7.22. The van der Waals surface area contributed by atoms with Crippen molar-refractivity contribution in [1.82, 2.24) is 0 Å². The largest absolute Gasteiger partial charge is 0.496 e. The van der Waals surface area contributed by atoms with Gasteiger partial charge in [-0.2, -0.15) is 0 Å². The standard InChI is InChI=1S/C23H21NO5/c1-29-20-11-3-2-8-16(20)17-13-21(26)24(18-9-5-10-19(25)22(17)18)15-7-4-6-14(12-15)23(27)28/h2-4,6-8,11-12,17H,5,9-10,13H2,1H3,(H,27,28). The fourth-order valence-corrected chi connectivity index (χ4v) is 4.29. The minimum Gasteiger partial charge on any atom is -0.496 e. The number of hydrogen-bond donors (Lipinski definition) is 1. The van der Waals surface area contributed by atoms with Gasteiger partial charge in [-0.05, 0) is 37.1 Å². The smallest absolute Gasteiger partial charge is 0.335 e. The van der Waals surface area contributed by atoms with E-state index in [1.54, 1.807) is 19.2 Å². The number of Topliss-reactive ketones (excluding diaryl/α,β-unsaturated/α-hetero) is 1. The van der Waals surface area contributed by atoms with Crippen molar-refractivity contribution in [2.45, 2.75) is 31.6 Å². The number of carboxylic acids is 1. The summed E-state index contributed by atoms with van der Waals surface area (Å²) in [5, 5.41) is 9.31. The Morgan fingerprint density at radius 2 is 1.90 bits per heavy atom. The molecule has 0 saturated heterocycles. The van der Waals surface area contributed by atoms with Crippen LogP contribution in [0.5, 0.6) is 5.75 Å². The number of methoxy groups -OCH3 is 1. The lowest BCUT2D eigenvalue weighted by atomic mass is 9.77. The average Bonchev–Trinajstić information content (AvgIpc) is 2.73. The van der Waals surface area contributed by atoms with E-state index >= 15 is 0 Å². The topological polar surface area (TPSA) is 83.9 Å². The predicted octanol–water partition coefficient (Wildman–Crippen LogP) is 3.92. The van der Waals surface area contributed by atoms with E-state index in [0.717, 1.165) is 5.56 Å². The molecule has 1 N–H and O–H groups in total. The van der Waals surface area contributed by atoms with Gasteiger partial charge in [0.2, 0.25) is 5.91 Å². The first-order chi connectivity index (χ1) is 14.0. The Bertz CT molecular complexity index is 1040. The van der Waals surface area contributed by atoms with Gasteiger partial charge in [0, 0.05) is 41.3 Å². The first kappa shape index (κ1) is 18.9. The third-order valence-corrected chi connectivity index (χ3v) is 5.54. The fraction of sp³-hybridized carbons (Fsp3) is 0.261. The van der Waals surface area contributed by atoms with Crippen LogP contribution >= 0.6 is 0 Å². The Hall–Kier alpha value is -3.41. The van der Waals surface area contributed by atoms with E-state index in [0.29, 0.717) is 42.0 Å². The second-order valence-corrected chi connectivity index (χ2v) is 7.22. The SMILES string of the molecule is COc1ccccc1C1CC(=O)N(c2cccc(C(=O)O)c2)C2=C1C(=O)CCC2. The van der Waals surface area contributed by atoms with Gasteiger partial charge in [0.15, 0.2) is 5.78 Å². The summed E-state index contributed by atoms with van der Waals surface area (Å²) >= 11 is 0. The zero-order chi connectivity index (χ0) is 20.5. The zero-order valence-corrected chi connectivity index (χ0v) is 16.1. The van der Waals surface area contributed by atoms with Gasteiger partial charge in [0.05, 0.1) is 12.7 Å². The minimum absolute atomic E-state index is 0.0362. The summed E-state index contributed by atoms with van der Waals surface area (Å²) in [6, 6.07) is 13.7. The lowest BCUT2D eigenvalue weighted by molar-refractivity contribution is -0.119. The number of aromatic carboxylic acids is 1. The Labute approximate surface area is 168 Å². The number of allylic oxidation sites excluding steroid dienone is 2. The molecule has 0 bridgehead atoms. The molecule has 1 amide bonds. The molecular formula is C23H21NO5. The van der Waals surface area contributed by atoms with Crippen LogP contribution < -0.4 is 9.64 Å². The number of carboxylic acid groups (broad SMARTS) is 1. The molecule has 1 aliphatic heterocycles. The van der Waals surface area contributed by atoms with E-state index in [-0.39, 0.29) is 29.6 Å². The van der Waals surface area contributed by atoms with Crippen LogP contribution in [-0.4, -0.2) is 29.9 Å². The van der Waals surface area contributed by atoms with Gasteiger partial charge in [-0.1, -0.05) is 24.3 Å². The van der Waals surface area contributed by atoms with E-state index < -0.39 is 5.97 Å². The van der Waals surface area contributed by atoms with Crippen LogP contribution in [0.4, 0.5) is 5.69 Å². The normalized spacial score (nSPS) is 19.2. The number of nitrogens with zero attached hydrogens (tertiary/aromatic N) is 1. The van der Waals surface area contributed by atoms with Crippen molar-refractivity contribution >= 4 is 23.3 Å². The van der Waals surface area contributed by atoms with Crippen molar-refractivity contribution in [3.63, 3.8) is 0 Å². The van der Waals surface area contributed by atoms with Crippen molar-refractivity contribution in [1.29, 1.82) is 0 Å². The minimum atomic E-state index is -1.06. The molecule has 1 atom stereocenters. The first-order valence-corrected chi connectivity index (χ1v) is 9.56. The molecule has 0 radical (unpaired) electrons. The molecule has 6 heteroatoms. The van der Waals surface area contributed by atoms with E-state index in [4.69, 9.17) is 4.74 Å². The number of rotatable bonds is 4. The van der Waals surface area contributed by atoms with Crippen LogP contribution in [-0.2, 0) is 9.59 Å². The molecule has 29 heavy (non-hydrogen) atoms. The monoisotopic (exact) mass is 391 g/mol. The van der Waals surface area contributed by atoms with Gasteiger partial charge in [-0.25, -0.2) is 4.79 Å². The highest BCUT2D eigenvalue weighted by atomic mass is 16.5. The number of anilines is 1. The Balaban J connectivity index is 1.87. The van der Waals surface area contributed by atoms with Gasteiger partial charge < -0.3 is 9.84 Å². The maximum Gasteiger partial charge on any atom is 0.335 e. The number of ketones is 1. The molecule has 4 rings (SSSR count).